The van der Waals surface area contributed by atoms with Gasteiger partial charge in [-0.05, 0) is 31.0 Å². The number of benzene rings is 1. The predicted molar refractivity (Wildman–Crippen MR) is 99.1 cm³/mol. The highest BCUT2D eigenvalue weighted by Crippen LogP contribution is 2.23. The standard InChI is InChI=1S/C16H18N4O4S2/c1-19-13-10-12(2-3-14(13)24-16(19)21)26(22,23)18-11-4-7-20(8-5-11)15-17-6-9-25-15/h2-3,6,9-11,18H,4-5,7-8H2,1H3. The zero-order valence-electron chi connectivity index (χ0n) is 14.1. The van der Waals surface area contributed by atoms with Gasteiger partial charge in [-0.25, -0.2) is 22.9 Å². The Morgan fingerprint density at radius 2 is 2.08 bits per heavy atom. The Hall–Kier alpha value is -2.17. The molecule has 1 saturated heterocycles. The summed E-state index contributed by atoms with van der Waals surface area (Å²) >= 11 is 1.58. The maximum Gasteiger partial charge on any atom is 0.419 e. The van der Waals surface area contributed by atoms with Gasteiger partial charge in [0.05, 0.1) is 10.4 Å². The largest absolute Gasteiger partial charge is 0.419 e. The second-order valence-corrected chi connectivity index (χ2v) is 8.84. The van der Waals surface area contributed by atoms with E-state index in [0.717, 1.165) is 18.2 Å². The minimum atomic E-state index is -3.67. The Morgan fingerprint density at radius 3 is 2.77 bits per heavy atom. The molecule has 0 spiro atoms. The topological polar surface area (TPSA) is 97.4 Å². The van der Waals surface area contributed by atoms with E-state index in [1.807, 2.05) is 5.38 Å². The highest BCUT2D eigenvalue weighted by atomic mass is 32.2. The minimum Gasteiger partial charge on any atom is -0.408 e. The summed E-state index contributed by atoms with van der Waals surface area (Å²) in [6.45, 7) is 1.52. The molecule has 1 aliphatic rings. The lowest BCUT2D eigenvalue weighted by atomic mass is 10.1. The maximum absolute atomic E-state index is 12.7. The van der Waals surface area contributed by atoms with Crippen molar-refractivity contribution in [2.75, 3.05) is 18.0 Å². The van der Waals surface area contributed by atoms with Gasteiger partial charge in [-0.15, -0.1) is 11.3 Å². The SMILES string of the molecule is Cn1c(=O)oc2ccc(S(=O)(=O)NC3CCN(c4nccs4)CC3)cc21. The molecular weight excluding hydrogens is 376 g/mol. The Morgan fingerprint density at radius 1 is 1.31 bits per heavy atom. The summed E-state index contributed by atoms with van der Waals surface area (Å²) in [7, 11) is -2.12. The van der Waals surface area contributed by atoms with Gasteiger partial charge in [-0.3, -0.25) is 4.57 Å². The molecule has 3 heterocycles. The molecule has 2 aromatic heterocycles. The van der Waals surface area contributed by atoms with Gasteiger partial charge in [0.1, 0.15) is 0 Å². The van der Waals surface area contributed by atoms with E-state index in [1.165, 1.54) is 22.8 Å². The number of sulfonamides is 1. The normalized spacial score (nSPS) is 16.4. The van der Waals surface area contributed by atoms with Crippen LogP contribution in [0, 0.1) is 0 Å². The maximum atomic E-state index is 12.7. The Kier molecular flexibility index (Phi) is 4.33. The molecule has 0 saturated carbocycles. The molecular formula is C16H18N4O4S2. The molecule has 10 heteroatoms. The molecule has 0 amide bonds. The molecule has 0 radical (unpaired) electrons. The number of nitrogens with zero attached hydrogens (tertiary/aromatic N) is 3. The first kappa shape index (κ1) is 17.3. The van der Waals surface area contributed by atoms with E-state index in [0.29, 0.717) is 23.9 Å². The molecule has 0 atom stereocenters. The molecule has 138 valence electrons. The molecule has 1 aromatic carbocycles. The van der Waals surface area contributed by atoms with Crippen molar-refractivity contribution >= 4 is 37.6 Å². The van der Waals surface area contributed by atoms with Crippen LogP contribution in [0.2, 0.25) is 0 Å². The first-order valence-corrected chi connectivity index (χ1v) is 10.6. The average molecular weight is 394 g/mol. The smallest absolute Gasteiger partial charge is 0.408 e. The van der Waals surface area contributed by atoms with Crippen molar-refractivity contribution in [1.29, 1.82) is 0 Å². The Bertz CT molecular complexity index is 1080. The Balaban J connectivity index is 1.49. The van der Waals surface area contributed by atoms with E-state index in [2.05, 4.69) is 14.6 Å². The zero-order chi connectivity index (χ0) is 18.3. The number of thiazole rings is 1. The number of rotatable bonds is 4. The van der Waals surface area contributed by atoms with Crippen molar-refractivity contribution in [2.24, 2.45) is 7.05 Å². The van der Waals surface area contributed by atoms with Crippen molar-refractivity contribution in [3.63, 3.8) is 0 Å². The summed E-state index contributed by atoms with van der Waals surface area (Å²) in [6.07, 6.45) is 3.20. The van der Waals surface area contributed by atoms with Crippen LogP contribution in [0.4, 0.5) is 5.13 Å². The number of aryl methyl sites for hydroxylation is 1. The van der Waals surface area contributed by atoms with Crippen molar-refractivity contribution in [3.05, 3.63) is 40.3 Å². The second-order valence-electron chi connectivity index (χ2n) is 6.25. The van der Waals surface area contributed by atoms with E-state index in [9.17, 15) is 13.2 Å². The fourth-order valence-corrected chi connectivity index (χ4v) is 5.14. The molecule has 0 aliphatic carbocycles. The number of oxazole rings is 1. The molecule has 1 fully saturated rings. The number of hydrogen-bond donors (Lipinski definition) is 1. The second kappa shape index (κ2) is 6.53. The fraction of sp³-hybridized carbons (Fsp3) is 0.375. The minimum absolute atomic E-state index is 0.125. The number of hydrogen-bond acceptors (Lipinski definition) is 7. The van der Waals surface area contributed by atoms with E-state index in [1.54, 1.807) is 24.6 Å². The number of fused-ring (bicyclic) bond motifs is 1. The summed E-state index contributed by atoms with van der Waals surface area (Å²) < 4.78 is 34.6. The van der Waals surface area contributed by atoms with E-state index in [4.69, 9.17) is 4.42 Å². The fourth-order valence-electron chi connectivity index (χ4n) is 3.12. The van der Waals surface area contributed by atoms with Crippen LogP contribution in [0.25, 0.3) is 11.1 Å². The van der Waals surface area contributed by atoms with Crippen LogP contribution < -0.4 is 15.4 Å². The van der Waals surface area contributed by atoms with Crippen LogP contribution in [0.3, 0.4) is 0 Å². The number of piperidine rings is 1. The lowest BCUT2D eigenvalue weighted by Gasteiger charge is -2.31. The summed E-state index contributed by atoms with van der Waals surface area (Å²) in [5, 5.41) is 2.90. The molecule has 4 rings (SSSR count). The molecule has 1 N–H and O–H groups in total. The van der Waals surface area contributed by atoms with Gasteiger partial charge in [0.15, 0.2) is 10.7 Å². The van der Waals surface area contributed by atoms with Gasteiger partial charge in [0.2, 0.25) is 10.0 Å². The van der Waals surface area contributed by atoms with Crippen LogP contribution in [0.5, 0.6) is 0 Å². The highest BCUT2D eigenvalue weighted by Gasteiger charge is 2.26. The molecule has 3 aromatic rings. The Labute approximate surface area is 154 Å². The molecule has 0 bridgehead atoms. The van der Waals surface area contributed by atoms with Crippen LogP contribution in [-0.2, 0) is 17.1 Å². The first-order chi connectivity index (χ1) is 12.4. The van der Waals surface area contributed by atoms with Crippen molar-refractivity contribution < 1.29 is 12.8 Å². The third kappa shape index (κ3) is 3.15. The van der Waals surface area contributed by atoms with E-state index >= 15 is 0 Å². The average Bonchev–Trinajstić information content (AvgIpc) is 3.24. The number of anilines is 1. The van der Waals surface area contributed by atoms with Gasteiger partial charge >= 0.3 is 5.76 Å². The monoisotopic (exact) mass is 394 g/mol. The molecule has 8 nitrogen and oxygen atoms in total. The first-order valence-electron chi connectivity index (χ1n) is 8.20. The molecule has 26 heavy (non-hydrogen) atoms. The van der Waals surface area contributed by atoms with Crippen LogP contribution >= 0.6 is 11.3 Å². The van der Waals surface area contributed by atoms with Crippen LogP contribution in [0.15, 0.2) is 43.9 Å². The van der Waals surface area contributed by atoms with E-state index < -0.39 is 15.8 Å². The summed E-state index contributed by atoms with van der Waals surface area (Å²) in [5.74, 6) is -0.517. The van der Waals surface area contributed by atoms with Crippen molar-refractivity contribution in [3.8, 4) is 0 Å². The third-order valence-corrected chi connectivity index (χ3v) is 6.93. The van der Waals surface area contributed by atoms with Gasteiger partial charge < -0.3 is 9.32 Å². The third-order valence-electron chi connectivity index (χ3n) is 4.58. The van der Waals surface area contributed by atoms with Gasteiger partial charge in [-0.2, -0.15) is 0 Å². The number of nitrogens with one attached hydrogen (secondary N) is 1. The summed E-state index contributed by atoms with van der Waals surface area (Å²) in [4.78, 5) is 18.2. The quantitative estimate of drug-likeness (QED) is 0.721. The van der Waals surface area contributed by atoms with Crippen LogP contribution in [0.1, 0.15) is 12.8 Å². The zero-order valence-corrected chi connectivity index (χ0v) is 15.7. The lowest BCUT2D eigenvalue weighted by molar-refractivity contribution is 0.460. The van der Waals surface area contributed by atoms with E-state index in [-0.39, 0.29) is 10.9 Å². The number of aromatic nitrogens is 2. The molecule has 1 aliphatic heterocycles. The summed E-state index contributed by atoms with van der Waals surface area (Å²) in [5.41, 5.74) is 0.824. The van der Waals surface area contributed by atoms with Crippen molar-refractivity contribution in [1.82, 2.24) is 14.3 Å². The highest BCUT2D eigenvalue weighted by molar-refractivity contribution is 7.89. The van der Waals surface area contributed by atoms with Gasteiger partial charge in [0.25, 0.3) is 0 Å². The molecule has 0 unspecified atom stereocenters. The van der Waals surface area contributed by atoms with Gasteiger partial charge in [0, 0.05) is 37.8 Å². The predicted octanol–water partition coefficient (Wildman–Crippen LogP) is 1.54. The summed E-state index contributed by atoms with van der Waals surface area (Å²) in [6, 6.07) is 4.31. The van der Waals surface area contributed by atoms with Crippen molar-refractivity contribution in [2.45, 2.75) is 23.8 Å². The lowest BCUT2D eigenvalue weighted by Crippen LogP contribution is -2.44. The van der Waals surface area contributed by atoms with Gasteiger partial charge in [-0.1, -0.05) is 0 Å². The van der Waals surface area contributed by atoms with Crippen LogP contribution in [-0.4, -0.2) is 37.1 Å².